The molecule has 7 heteroatoms. The number of carbonyl (C=O) groups is 1. The van der Waals surface area contributed by atoms with Gasteiger partial charge in [0.05, 0.1) is 5.56 Å². The average molecular weight is 416 g/mol. The highest BCUT2D eigenvalue weighted by Crippen LogP contribution is 2.38. The highest BCUT2D eigenvalue weighted by atomic mass is 19.4. The van der Waals surface area contributed by atoms with E-state index in [2.05, 4.69) is 4.98 Å². The molecule has 4 rings (SSSR count). The van der Waals surface area contributed by atoms with Crippen molar-refractivity contribution in [1.29, 1.82) is 0 Å². The molecule has 0 aliphatic carbocycles. The summed E-state index contributed by atoms with van der Waals surface area (Å²) in [6.07, 6.45) is -0.607. The van der Waals surface area contributed by atoms with Crippen LogP contribution in [0.15, 0.2) is 42.5 Å². The smallest absolute Gasteiger partial charge is 0.418 e. The van der Waals surface area contributed by atoms with Gasteiger partial charge in [0.1, 0.15) is 18.6 Å². The molecule has 0 amide bonds. The molecule has 0 bridgehead atoms. The average Bonchev–Trinajstić information content (AvgIpc) is 3.39. The number of aromatic nitrogens is 1. The van der Waals surface area contributed by atoms with Crippen LogP contribution in [0.5, 0.6) is 5.75 Å². The van der Waals surface area contributed by atoms with Gasteiger partial charge >= 0.3 is 6.18 Å². The minimum atomic E-state index is -4.41. The number of aromatic amines is 1. The van der Waals surface area contributed by atoms with E-state index in [4.69, 9.17) is 4.74 Å². The number of nitrogens with one attached hydrogen (secondary N) is 1. The van der Waals surface area contributed by atoms with E-state index in [0.29, 0.717) is 37.2 Å². The molecule has 1 N–H and O–H groups in total. The predicted molar refractivity (Wildman–Crippen MR) is 110 cm³/mol. The Hall–Kier alpha value is -2.96. The highest BCUT2D eigenvalue weighted by Gasteiger charge is 2.35. The standard InChI is InChI=1S/C23H23F3N2O2/c24-23(25,26)20-12-16(5-8-22(20)28-9-1-2-10-28)15-30-19-6-7-21-17(14-19)13-18(27-21)4-3-11-29/h5-8,11-14,27H,1-4,9-10,15H2. The summed E-state index contributed by atoms with van der Waals surface area (Å²) in [4.78, 5) is 15.6. The first-order valence-electron chi connectivity index (χ1n) is 10.1. The van der Waals surface area contributed by atoms with Crippen LogP contribution in [0.25, 0.3) is 10.9 Å². The summed E-state index contributed by atoms with van der Waals surface area (Å²) in [5, 5.41) is 0.939. The van der Waals surface area contributed by atoms with Gasteiger partial charge < -0.3 is 19.4 Å². The molecule has 30 heavy (non-hydrogen) atoms. The summed E-state index contributed by atoms with van der Waals surface area (Å²) in [6.45, 7) is 1.37. The fourth-order valence-electron chi connectivity index (χ4n) is 3.91. The van der Waals surface area contributed by atoms with Gasteiger partial charge in [-0.25, -0.2) is 0 Å². The molecular formula is C23H23F3N2O2. The van der Waals surface area contributed by atoms with Crippen LogP contribution in [0, 0.1) is 0 Å². The van der Waals surface area contributed by atoms with Gasteiger partial charge in [-0.2, -0.15) is 13.2 Å². The zero-order valence-corrected chi connectivity index (χ0v) is 16.5. The monoisotopic (exact) mass is 416 g/mol. The van der Waals surface area contributed by atoms with Crippen molar-refractivity contribution in [3.05, 3.63) is 59.3 Å². The maximum Gasteiger partial charge on any atom is 0.418 e. The number of anilines is 1. The van der Waals surface area contributed by atoms with Crippen molar-refractivity contribution in [2.45, 2.75) is 38.5 Å². The molecule has 0 radical (unpaired) electrons. The maximum atomic E-state index is 13.6. The van der Waals surface area contributed by atoms with E-state index in [0.717, 1.165) is 35.7 Å². The van der Waals surface area contributed by atoms with Gasteiger partial charge in [0.2, 0.25) is 0 Å². The predicted octanol–water partition coefficient (Wildman–Crippen LogP) is 5.50. The third kappa shape index (κ3) is 4.45. The number of halogens is 3. The molecule has 4 nitrogen and oxygen atoms in total. The second kappa shape index (κ2) is 8.42. The fourth-order valence-corrected chi connectivity index (χ4v) is 3.91. The van der Waals surface area contributed by atoms with Crippen LogP contribution in [0.3, 0.4) is 0 Å². The van der Waals surface area contributed by atoms with E-state index in [1.54, 1.807) is 23.1 Å². The Morgan fingerprint density at radius 2 is 1.87 bits per heavy atom. The molecule has 158 valence electrons. The number of H-pyrrole nitrogens is 1. The lowest BCUT2D eigenvalue weighted by Crippen LogP contribution is -2.22. The largest absolute Gasteiger partial charge is 0.489 e. The summed E-state index contributed by atoms with van der Waals surface area (Å²) in [5.41, 5.74) is 2.01. The van der Waals surface area contributed by atoms with Crippen LogP contribution in [-0.2, 0) is 24.0 Å². The molecule has 3 aromatic rings. The first kappa shape index (κ1) is 20.3. The summed E-state index contributed by atoms with van der Waals surface area (Å²) < 4.78 is 46.6. The van der Waals surface area contributed by atoms with Crippen molar-refractivity contribution in [2.24, 2.45) is 0 Å². The van der Waals surface area contributed by atoms with Crippen LogP contribution >= 0.6 is 0 Å². The summed E-state index contributed by atoms with van der Waals surface area (Å²) >= 11 is 0. The van der Waals surface area contributed by atoms with Crippen molar-refractivity contribution in [3.63, 3.8) is 0 Å². The summed E-state index contributed by atoms with van der Waals surface area (Å²) in [7, 11) is 0. The number of ether oxygens (including phenoxy) is 1. The Balaban J connectivity index is 1.50. The van der Waals surface area contributed by atoms with Crippen LogP contribution in [0.4, 0.5) is 18.9 Å². The van der Waals surface area contributed by atoms with Gasteiger partial charge in [-0.05, 0) is 61.2 Å². The molecule has 2 heterocycles. The van der Waals surface area contributed by atoms with Crippen molar-refractivity contribution in [3.8, 4) is 5.75 Å². The zero-order valence-electron chi connectivity index (χ0n) is 16.5. The lowest BCUT2D eigenvalue weighted by Gasteiger charge is -2.23. The van der Waals surface area contributed by atoms with Gasteiger partial charge in [0.25, 0.3) is 0 Å². The lowest BCUT2D eigenvalue weighted by molar-refractivity contribution is -0.137. The van der Waals surface area contributed by atoms with Crippen LogP contribution in [-0.4, -0.2) is 24.4 Å². The Kier molecular flexibility index (Phi) is 5.70. The molecule has 1 aliphatic heterocycles. The number of fused-ring (bicyclic) bond motifs is 1. The first-order valence-corrected chi connectivity index (χ1v) is 10.1. The molecule has 1 aliphatic rings. The minimum absolute atomic E-state index is 0.0529. The second-order valence-corrected chi connectivity index (χ2v) is 7.58. The Labute approximate surface area is 172 Å². The molecular weight excluding hydrogens is 393 g/mol. The summed E-state index contributed by atoms with van der Waals surface area (Å²) in [6, 6.07) is 11.9. The molecule has 0 unspecified atom stereocenters. The zero-order chi connectivity index (χ0) is 21.1. The number of rotatable bonds is 7. The number of hydrogen-bond acceptors (Lipinski definition) is 3. The molecule has 1 saturated heterocycles. The van der Waals surface area contributed by atoms with Crippen molar-refractivity contribution in [1.82, 2.24) is 4.98 Å². The van der Waals surface area contributed by atoms with E-state index >= 15 is 0 Å². The van der Waals surface area contributed by atoms with Gasteiger partial charge in [0, 0.05) is 41.8 Å². The minimum Gasteiger partial charge on any atom is -0.489 e. The van der Waals surface area contributed by atoms with Crippen molar-refractivity contribution in [2.75, 3.05) is 18.0 Å². The third-order valence-corrected chi connectivity index (χ3v) is 5.40. The normalized spacial score (nSPS) is 14.4. The number of nitrogens with zero attached hydrogens (tertiary/aromatic N) is 1. The van der Waals surface area contributed by atoms with Crippen molar-refractivity contribution < 1.29 is 22.7 Å². The van der Waals surface area contributed by atoms with E-state index < -0.39 is 11.7 Å². The number of benzene rings is 2. The molecule has 0 atom stereocenters. The lowest BCUT2D eigenvalue weighted by atomic mass is 10.1. The number of aryl methyl sites for hydroxylation is 1. The summed E-state index contributed by atoms with van der Waals surface area (Å²) in [5.74, 6) is 0.584. The number of alkyl halides is 3. The number of carbonyl (C=O) groups excluding carboxylic acids is 1. The maximum absolute atomic E-state index is 13.6. The van der Waals surface area contributed by atoms with Crippen LogP contribution in [0.2, 0.25) is 0 Å². The van der Waals surface area contributed by atoms with Gasteiger partial charge in [-0.1, -0.05) is 6.07 Å². The van der Waals surface area contributed by atoms with Crippen LogP contribution < -0.4 is 9.64 Å². The highest BCUT2D eigenvalue weighted by molar-refractivity contribution is 5.82. The second-order valence-electron chi connectivity index (χ2n) is 7.58. The molecule has 0 spiro atoms. The fraction of sp³-hybridized carbons (Fsp3) is 0.348. The molecule has 2 aromatic carbocycles. The topological polar surface area (TPSA) is 45.3 Å². The van der Waals surface area contributed by atoms with Gasteiger partial charge in [0.15, 0.2) is 0 Å². The van der Waals surface area contributed by atoms with Gasteiger partial charge in [-0.15, -0.1) is 0 Å². The molecule has 1 aromatic heterocycles. The Bertz CT molecular complexity index is 1040. The molecule has 0 saturated carbocycles. The van der Waals surface area contributed by atoms with Crippen molar-refractivity contribution >= 4 is 22.9 Å². The first-order chi connectivity index (χ1) is 14.4. The number of aldehydes is 1. The van der Waals surface area contributed by atoms with E-state index in [1.807, 2.05) is 18.2 Å². The Morgan fingerprint density at radius 3 is 2.60 bits per heavy atom. The number of hydrogen-bond donors (Lipinski definition) is 1. The third-order valence-electron chi connectivity index (χ3n) is 5.40. The van der Waals surface area contributed by atoms with E-state index in [-0.39, 0.29) is 12.3 Å². The SMILES string of the molecule is O=CCCc1cc2cc(OCc3ccc(N4CCCC4)c(C(F)(F)F)c3)ccc2[nH]1. The quantitative estimate of drug-likeness (QED) is 0.518. The van der Waals surface area contributed by atoms with Gasteiger partial charge in [-0.3, -0.25) is 0 Å². The molecule has 1 fully saturated rings. The van der Waals surface area contributed by atoms with E-state index in [9.17, 15) is 18.0 Å². The Morgan fingerprint density at radius 1 is 1.07 bits per heavy atom. The van der Waals surface area contributed by atoms with Crippen LogP contribution in [0.1, 0.15) is 36.1 Å². The van der Waals surface area contributed by atoms with E-state index in [1.165, 1.54) is 6.07 Å².